The molecule has 1 aliphatic heterocycles. The van der Waals surface area contributed by atoms with Crippen LogP contribution in [0.15, 0.2) is 11.8 Å². The molecule has 0 aromatic heterocycles. The minimum Gasteiger partial charge on any atom is -0.392 e. The molecule has 15 heavy (non-hydrogen) atoms. The Kier molecular flexibility index (Phi) is 2.59. The number of hydrogen-bond acceptors (Lipinski definition) is 3. The van der Waals surface area contributed by atoms with E-state index in [9.17, 15) is 9.90 Å². The molecule has 1 unspecified atom stereocenters. The highest BCUT2D eigenvalue weighted by atomic mass is 16.3. The molecule has 84 valence electrons. The average molecular weight is 209 g/mol. The first kappa shape index (κ1) is 10.7. The lowest BCUT2D eigenvalue weighted by Crippen LogP contribution is -2.47. The van der Waals surface area contributed by atoms with Gasteiger partial charge in [0, 0.05) is 36.7 Å². The SMILES string of the molecule is CC1(C)CN(C2=CC(=O)CC2)CCC1O. The van der Waals surface area contributed by atoms with Gasteiger partial charge in [0.1, 0.15) is 0 Å². The molecule has 0 spiro atoms. The first-order valence-corrected chi connectivity index (χ1v) is 5.65. The van der Waals surface area contributed by atoms with E-state index >= 15 is 0 Å². The maximum atomic E-state index is 11.2. The molecule has 3 heteroatoms. The van der Waals surface area contributed by atoms with E-state index in [-0.39, 0.29) is 17.3 Å². The standard InChI is InChI=1S/C12H19NO2/c1-12(2)8-13(6-5-11(12)15)9-3-4-10(14)7-9/h7,11,15H,3-6,8H2,1-2H3. The van der Waals surface area contributed by atoms with Crippen LogP contribution in [0.2, 0.25) is 0 Å². The molecule has 1 atom stereocenters. The van der Waals surface area contributed by atoms with Crippen molar-refractivity contribution in [2.45, 2.75) is 39.2 Å². The van der Waals surface area contributed by atoms with Crippen LogP contribution in [0, 0.1) is 5.41 Å². The summed E-state index contributed by atoms with van der Waals surface area (Å²) in [5, 5.41) is 9.84. The zero-order valence-electron chi connectivity index (χ0n) is 9.49. The maximum absolute atomic E-state index is 11.2. The summed E-state index contributed by atoms with van der Waals surface area (Å²) in [7, 11) is 0. The Bertz CT molecular complexity index is 307. The van der Waals surface area contributed by atoms with Crippen LogP contribution in [-0.2, 0) is 4.79 Å². The van der Waals surface area contributed by atoms with Crippen molar-refractivity contribution < 1.29 is 9.90 Å². The van der Waals surface area contributed by atoms with Gasteiger partial charge in [-0.2, -0.15) is 0 Å². The topological polar surface area (TPSA) is 40.5 Å². The van der Waals surface area contributed by atoms with E-state index in [1.807, 2.05) is 0 Å². The Morgan fingerprint density at radius 3 is 2.73 bits per heavy atom. The molecule has 2 rings (SSSR count). The largest absolute Gasteiger partial charge is 0.392 e. The van der Waals surface area contributed by atoms with E-state index in [4.69, 9.17) is 0 Å². The van der Waals surface area contributed by atoms with Crippen LogP contribution in [0.5, 0.6) is 0 Å². The first-order chi connectivity index (χ1) is 6.99. The predicted molar refractivity (Wildman–Crippen MR) is 58.3 cm³/mol. The van der Waals surface area contributed by atoms with Gasteiger partial charge in [-0.15, -0.1) is 0 Å². The molecule has 1 saturated heterocycles. The van der Waals surface area contributed by atoms with Crippen molar-refractivity contribution >= 4 is 5.78 Å². The van der Waals surface area contributed by atoms with E-state index in [2.05, 4.69) is 18.7 Å². The van der Waals surface area contributed by atoms with Crippen molar-refractivity contribution in [2.24, 2.45) is 5.41 Å². The smallest absolute Gasteiger partial charge is 0.157 e. The van der Waals surface area contributed by atoms with Gasteiger partial charge in [0.05, 0.1) is 6.10 Å². The lowest BCUT2D eigenvalue weighted by Gasteiger charge is -2.43. The fraction of sp³-hybridized carbons (Fsp3) is 0.750. The summed E-state index contributed by atoms with van der Waals surface area (Å²) in [6, 6.07) is 0. The third-order valence-corrected chi connectivity index (χ3v) is 3.53. The van der Waals surface area contributed by atoms with Gasteiger partial charge in [-0.05, 0) is 12.8 Å². The summed E-state index contributed by atoms with van der Waals surface area (Å²) < 4.78 is 0. The van der Waals surface area contributed by atoms with Gasteiger partial charge in [-0.3, -0.25) is 4.79 Å². The summed E-state index contributed by atoms with van der Waals surface area (Å²) in [6.07, 6.45) is 3.90. The molecule has 1 heterocycles. The van der Waals surface area contributed by atoms with E-state index in [1.54, 1.807) is 6.08 Å². The Balaban J connectivity index is 2.07. The predicted octanol–water partition coefficient (Wildman–Crippen LogP) is 1.33. The second kappa shape index (κ2) is 3.63. The number of carbonyl (C=O) groups excluding carboxylic acids is 1. The summed E-state index contributed by atoms with van der Waals surface area (Å²) in [5.74, 6) is 0.244. The molecular formula is C12H19NO2. The Hall–Kier alpha value is -0.830. The summed E-state index contributed by atoms with van der Waals surface area (Å²) in [5.41, 5.74) is 1.10. The fourth-order valence-electron chi connectivity index (χ4n) is 2.42. The molecule has 1 N–H and O–H groups in total. The third-order valence-electron chi connectivity index (χ3n) is 3.53. The van der Waals surface area contributed by atoms with E-state index in [0.717, 1.165) is 25.9 Å². The molecule has 0 aromatic carbocycles. The minimum atomic E-state index is -0.216. The van der Waals surface area contributed by atoms with Crippen molar-refractivity contribution in [1.82, 2.24) is 4.90 Å². The normalized spacial score (nSPS) is 30.6. The van der Waals surface area contributed by atoms with Gasteiger partial charge >= 0.3 is 0 Å². The van der Waals surface area contributed by atoms with Gasteiger partial charge in [0.15, 0.2) is 5.78 Å². The van der Waals surface area contributed by atoms with Gasteiger partial charge in [0.25, 0.3) is 0 Å². The van der Waals surface area contributed by atoms with Crippen molar-refractivity contribution in [2.75, 3.05) is 13.1 Å². The number of hydrogen-bond donors (Lipinski definition) is 1. The summed E-state index contributed by atoms with van der Waals surface area (Å²) in [4.78, 5) is 13.4. The lowest BCUT2D eigenvalue weighted by molar-refractivity contribution is -0.114. The Labute approximate surface area is 90.8 Å². The summed E-state index contributed by atoms with van der Waals surface area (Å²) in [6.45, 7) is 5.90. The Morgan fingerprint density at radius 1 is 1.47 bits per heavy atom. The maximum Gasteiger partial charge on any atom is 0.157 e. The van der Waals surface area contributed by atoms with Gasteiger partial charge in [-0.25, -0.2) is 0 Å². The zero-order chi connectivity index (χ0) is 11.1. The van der Waals surface area contributed by atoms with Crippen LogP contribution in [0.3, 0.4) is 0 Å². The Morgan fingerprint density at radius 2 is 2.20 bits per heavy atom. The van der Waals surface area contributed by atoms with Crippen LogP contribution >= 0.6 is 0 Å². The van der Waals surface area contributed by atoms with E-state index in [1.165, 1.54) is 5.70 Å². The number of carbonyl (C=O) groups is 1. The van der Waals surface area contributed by atoms with Crippen molar-refractivity contribution in [3.63, 3.8) is 0 Å². The first-order valence-electron chi connectivity index (χ1n) is 5.65. The molecule has 1 fully saturated rings. The highest BCUT2D eigenvalue weighted by Crippen LogP contribution is 2.33. The van der Waals surface area contributed by atoms with Crippen LogP contribution in [0.4, 0.5) is 0 Å². The highest BCUT2D eigenvalue weighted by molar-refractivity contribution is 5.92. The minimum absolute atomic E-state index is 0.0648. The molecule has 0 bridgehead atoms. The van der Waals surface area contributed by atoms with Crippen LogP contribution in [-0.4, -0.2) is 35.0 Å². The van der Waals surface area contributed by atoms with Gasteiger partial charge in [0.2, 0.25) is 0 Å². The molecule has 0 aromatic rings. The van der Waals surface area contributed by atoms with E-state index < -0.39 is 0 Å². The number of nitrogens with zero attached hydrogens (tertiary/aromatic N) is 1. The lowest BCUT2D eigenvalue weighted by atomic mass is 9.81. The number of piperidine rings is 1. The number of likely N-dealkylation sites (tertiary alicyclic amines) is 1. The van der Waals surface area contributed by atoms with Crippen LogP contribution < -0.4 is 0 Å². The van der Waals surface area contributed by atoms with Crippen LogP contribution in [0.25, 0.3) is 0 Å². The fourth-order valence-corrected chi connectivity index (χ4v) is 2.42. The van der Waals surface area contributed by atoms with E-state index in [0.29, 0.717) is 6.42 Å². The number of ketones is 1. The highest BCUT2D eigenvalue weighted by Gasteiger charge is 2.35. The zero-order valence-corrected chi connectivity index (χ0v) is 9.49. The van der Waals surface area contributed by atoms with Crippen LogP contribution in [0.1, 0.15) is 33.1 Å². The molecular weight excluding hydrogens is 190 g/mol. The van der Waals surface area contributed by atoms with Gasteiger partial charge < -0.3 is 10.0 Å². The second-order valence-corrected chi connectivity index (χ2v) is 5.32. The number of aliphatic hydroxyl groups excluding tert-OH is 1. The van der Waals surface area contributed by atoms with Crippen molar-refractivity contribution in [1.29, 1.82) is 0 Å². The number of aliphatic hydroxyl groups is 1. The number of rotatable bonds is 1. The molecule has 0 radical (unpaired) electrons. The average Bonchev–Trinajstić information content (AvgIpc) is 2.57. The molecule has 0 amide bonds. The molecule has 0 saturated carbocycles. The molecule has 1 aliphatic carbocycles. The van der Waals surface area contributed by atoms with Crippen molar-refractivity contribution in [3.05, 3.63) is 11.8 Å². The monoisotopic (exact) mass is 209 g/mol. The second-order valence-electron chi connectivity index (χ2n) is 5.32. The summed E-state index contributed by atoms with van der Waals surface area (Å²) >= 11 is 0. The molecule has 2 aliphatic rings. The quantitative estimate of drug-likeness (QED) is 0.708. The third kappa shape index (κ3) is 2.07. The number of allylic oxidation sites excluding steroid dienone is 2. The van der Waals surface area contributed by atoms with Gasteiger partial charge in [-0.1, -0.05) is 13.8 Å². The van der Waals surface area contributed by atoms with Crippen molar-refractivity contribution in [3.8, 4) is 0 Å². The molecule has 3 nitrogen and oxygen atoms in total.